The van der Waals surface area contributed by atoms with Gasteiger partial charge in [-0.2, -0.15) is 0 Å². The van der Waals surface area contributed by atoms with Crippen molar-refractivity contribution in [3.63, 3.8) is 0 Å². The van der Waals surface area contributed by atoms with Gasteiger partial charge in [0.1, 0.15) is 6.29 Å². The van der Waals surface area contributed by atoms with Gasteiger partial charge < -0.3 is 9.53 Å². The molecule has 0 bridgehead atoms. The summed E-state index contributed by atoms with van der Waals surface area (Å²) in [7, 11) is 0. The molecule has 2 nitrogen and oxygen atoms in total. The van der Waals surface area contributed by atoms with Crippen LogP contribution in [0.15, 0.2) is 0 Å². The van der Waals surface area contributed by atoms with Crippen LogP contribution >= 0.6 is 0 Å². The Balaban J connectivity index is 2.39. The molecule has 0 aromatic rings. The highest BCUT2D eigenvalue weighted by Gasteiger charge is 2.28. The van der Waals surface area contributed by atoms with E-state index < -0.39 is 0 Å². The maximum Gasteiger partial charge on any atom is 0.120 e. The SMILES string of the molecule is CC1(C)C[C@H](CC=O)CCO1. The van der Waals surface area contributed by atoms with Gasteiger partial charge in [0.2, 0.25) is 0 Å². The summed E-state index contributed by atoms with van der Waals surface area (Å²) in [5.74, 6) is 0.552. The minimum absolute atomic E-state index is 0.00801. The Bertz CT molecular complexity index is 140. The molecule has 1 heterocycles. The van der Waals surface area contributed by atoms with Crippen molar-refractivity contribution in [3.05, 3.63) is 0 Å². The molecule has 1 atom stereocenters. The van der Waals surface area contributed by atoms with Crippen molar-refractivity contribution in [2.75, 3.05) is 6.61 Å². The lowest BCUT2D eigenvalue weighted by molar-refractivity contribution is -0.111. The lowest BCUT2D eigenvalue weighted by Gasteiger charge is -2.34. The second-order valence-electron chi connectivity index (χ2n) is 3.87. The zero-order valence-electron chi connectivity index (χ0n) is 7.30. The van der Waals surface area contributed by atoms with Crippen molar-refractivity contribution < 1.29 is 9.53 Å². The number of carbonyl (C=O) groups excluding carboxylic acids is 1. The zero-order chi connectivity index (χ0) is 8.32. The molecule has 1 aliphatic heterocycles. The van der Waals surface area contributed by atoms with E-state index in [1.807, 2.05) is 0 Å². The summed E-state index contributed by atoms with van der Waals surface area (Å²) in [5.41, 5.74) is -0.00801. The maximum absolute atomic E-state index is 10.2. The van der Waals surface area contributed by atoms with E-state index >= 15 is 0 Å². The standard InChI is InChI=1S/C9H16O2/c1-9(2)7-8(3-5-10)4-6-11-9/h5,8H,3-4,6-7H2,1-2H3/t8-/m1/s1. The van der Waals surface area contributed by atoms with Gasteiger partial charge in [-0.25, -0.2) is 0 Å². The third kappa shape index (κ3) is 2.62. The topological polar surface area (TPSA) is 26.3 Å². The van der Waals surface area contributed by atoms with E-state index in [1.165, 1.54) is 0 Å². The van der Waals surface area contributed by atoms with Gasteiger partial charge in [0.15, 0.2) is 0 Å². The average Bonchev–Trinajstić information content (AvgIpc) is 1.85. The van der Waals surface area contributed by atoms with E-state index in [0.29, 0.717) is 12.3 Å². The van der Waals surface area contributed by atoms with Crippen molar-refractivity contribution in [3.8, 4) is 0 Å². The molecular weight excluding hydrogens is 140 g/mol. The highest BCUT2D eigenvalue weighted by molar-refractivity contribution is 5.49. The van der Waals surface area contributed by atoms with Gasteiger partial charge >= 0.3 is 0 Å². The predicted molar refractivity (Wildman–Crippen MR) is 43.4 cm³/mol. The monoisotopic (exact) mass is 156 g/mol. The minimum Gasteiger partial charge on any atom is -0.376 e. The number of hydrogen-bond donors (Lipinski definition) is 0. The third-order valence-corrected chi connectivity index (χ3v) is 2.23. The summed E-state index contributed by atoms with van der Waals surface area (Å²) in [6.45, 7) is 4.99. The van der Waals surface area contributed by atoms with Crippen LogP contribution < -0.4 is 0 Å². The van der Waals surface area contributed by atoms with Crippen LogP contribution in [0.25, 0.3) is 0 Å². The summed E-state index contributed by atoms with van der Waals surface area (Å²) < 4.78 is 5.53. The molecule has 0 aromatic heterocycles. The molecule has 1 rings (SSSR count). The molecule has 0 radical (unpaired) electrons. The zero-order valence-corrected chi connectivity index (χ0v) is 7.30. The second kappa shape index (κ2) is 3.35. The van der Waals surface area contributed by atoms with Gasteiger partial charge in [-0.15, -0.1) is 0 Å². The number of rotatable bonds is 2. The first-order valence-corrected chi connectivity index (χ1v) is 4.22. The van der Waals surface area contributed by atoms with E-state index in [4.69, 9.17) is 4.74 Å². The van der Waals surface area contributed by atoms with Crippen LogP contribution in [0, 0.1) is 5.92 Å². The lowest BCUT2D eigenvalue weighted by atomic mass is 9.87. The summed E-state index contributed by atoms with van der Waals surface area (Å²) in [6.07, 6.45) is 3.78. The molecule has 0 unspecified atom stereocenters. The molecule has 0 spiro atoms. The van der Waals surface area contributed by atoms with Gasteiger partial charge in [-0.05, 0) is 32.6 Å². The fourth-order valence-corrected chi connectivity index (χ4v) is 1.70. The molecule has 2 heteroatoms. The van der Waals surface area contributed by atoms with Crippen LogP contribution in [0.4, 0.5) is 0 Å². The Morgan fingerprint density at radius 3 is 2.91 bits per heavy atom. The Morgan fingerprint density at radius 2 is 2.36 bits per heavy atom. The maximum atomic E-state index is 10.2. The van der Waals surface area contributed by atoms with Crippen molar-refractivity contribution in [2.24, 2.45) is 5.92 Å². The largest absolute Gasteiger partial charge is 0.376 e. The van der Waals surface area contributed by atoms with E-state index in [-0.39, 0.29) is 5.60 Å². The smallest absolute Gasteiger partial charge is 0.120 e. The molecule has 1 fully saturated rings. The van der Waals surface area contributed by atoms with Crippen LogP contribution in [0.2, 0.25) is 0 Å². The van der Waals surface area contributed by atoms with Gasteiger partial charge in [0.05, 0.1) is 5.60 Å². The van der Waals surface area contributed by atoms with Crippen molar-refractivity contribution in [1.82, 2.24) is 0 Å². The van der Waals surface area contributed by atoms with Crippen LogP contribution in [0.1, 0.15) is 33.1 Å². The molecule has 1 aliphatic rings. The Morgan fingerprint density at radius 1 is 1.64 bits per heavy atom. The highest BCUT2D eigenvalue weighted by Crippen LogP contribution is 2.29. The van der Waals surface area contributed by atoms with Crippen molar-refractivity contribution in [1.29, 1.82) is 0 Å². The molecule has 0 aromatic carbocycles. The summed E-state index contributed by atoms with van der Waals surface area (Å²) in [4.78, 5) is 10.2. The van der Waals surface area contributed by atoms with E-state index in [0.717, 1.165) is 25.7 Å². The van der Waals surface area contributed by atoms with Crippen LogP contribution in [0.3, 0.4) is 0 Å². The first kappa shape index (κ1) is 8.72. The Hall–Kier alpha value is -0.370. The minimum atomic E-state index is -0.00801. The van der Waals surface area contributed by atoms with Gasteiger partial charge in [0.25, 0.3) is 0 Å². The average molecular weight is 156 g/mol. The van der Waals surface area contributed by atoms with Crippen LogP contribution in [-0.2, 0) is 9.53 Å². The summed E-state index contributed by atoms with van der Waals surface area (Å²) in [6, 6.07) is 0. The highest BCUT2D eigenvalue weighted by atomic mass is 16.5. The summed E-state index contributed by atoms with van der Waals surface area (Å²) >= 11 is 0. The fraction of sp³-hybridized carbons (Fsp3) is 0.889. The first-order valence-electron chi connectivity index (χ1n) is 4.22. The molecule has 1 saturated heterocycles. The second-order valence-corrected chi connectivity index (χ2v) is 3.87. The fourth-order valence-electron chi connectivity index (χ4n) is 1.70. The number of hydrogen-bond acceptors (Lipinski definition) is 2. The number of ether oxygens (including phenoxy) is 1. The number of carbonyl (C=O) groups is 1. The molecule has 0 aliphatic carbocycles. The Labute approximate surface area is 67.9 Å². The van der Waals surface area contributed by atoms with Gasteiger partial charge in [0, 0.05) is 13.0 Å². The van der Waals surface area contributed by atoms with Crippen molar-refractivity contribution in [2.45, 2.75) is 38.7 Å². The quantitative estimate of drug-likeness (QED) is 0.570. The molecule has 0 saturated carbocycles. The van der Waals surface area contributed by atoms with Crippen LogP contribution in [-0.4, -0.2) is 18.5 Å². The van der Waals surface area contributed by atoms with Gasteiger partial charge in [-0.3, -0.25) is 0 Å². The first-order chi connectivity index (χ1) is 5.14. The molecular formula is C9H16O2. The number of aldehydes is 1. The predicted octanol–water partition coefficient (Wildman–Crippen LogP) is 1.78. The van der Waals surface area contributed by atoms with Crippen molar-refractivity contribution >= 4 is 6.29 Å². The van der Waals surface area contributed by atoms with E-state index in [2.05, 4.69) is 13.8 Å². The van der Waals surface area contributed by atoms with Gasteiger partial charge in [-0.1, -0.05) is 0 Å². The summed E-state index contributed by atoms with van der Waals surface area (Å²) in [5, 5.41) is 0. The lowest BCUT2D eigenvalue weighted by Crippen LogP contribution is -2.33. The molecule has 0 N–H and O–H groups in total. The van der Waals surface area contributed by atoms with E-state index in [1.54, 1.807) is 0 Å². The van der Waals surface area contributed by atoms with E-state index in [9.17, 15) is 4.79 Å². The third-order valence-electron chi connectivity index (χ3n) is 2.23. The molecule has 0 amide bonds. The van der Waals surface area contributed by atoms with Crippen LogP contribution in [0.5, 0.6) is 0 Å². The molecule has 64 valence electrons. The normalized spacial score (nSPS) is 29.8. The molecule has 11 heavy (non-hydrogen) atoms. The Kier molecular flexibility index (Phi) is 2.66.